The molecule has 0 fully saturated rings. The van der Waals surface area contributed by atoms with Gasteiger partial charge in [0.2, 0.25) is 0 Å². The van der Waals surface area contributed by atoms with Gasteiger partial charge in [-0.05, 0) is 36.2 Å². The molecule has 0 atom stereocenters. The number of carbonyl (C=O) groups is 1. The highest BCUT2D eigenvalue weighted by Crippen LogP contribution is 2.33. The lowest BCUT2D eigenvalue weighted by molar-refractivity contribution is -0.141. The summed E-state index contributed by atoms with van der Waals surface area (Å²) in [6.45, 7) is 1.54. The Balaban J connectivity index is 2.13. The smallest absolute Gasteiger partial charge is 0.433 e. The molecule has 1 aromatic carbocycles. The number of rotatable bonds is 3. The van der Waals surface area contributed by atoms with Crippen molar-refractivity contribution in [3.05, 3.63) is 56.5 Å². The van der Waals surface area contributed by atoms with Gasteiger partial charge < -0.3 is 9.30 Å². The average molecular weight is 432 g/mol. The number of fused-ring (bicyclic) bond motifs is 1. The highest BCUT2D eigenvalue weighted by atomic mass is 35.5. The third-order valence-electron chi connectivity index (χ3n) is 4.33. The number of nitrogens with zero attached hydrogens (tertiary/aromatic N) is 3. The Morgan fingerprint density at radius 1 is 1.25 bits per heavy atom. The Bertz CT molecular complexity index is 1090. The van der Waals surface area contributed by atoms with Crippen LogP contribution in [-0.4, -0.2) is 27.6 Å². The van der Waals surface area contributed by atoms with E-state index < -0.39 is 17.8 Å². The van der Waals surface area contributed by atoms with Crippen LogP contribution in [0.2, 0.25) is 10.0 Å². The molecular weight excluding hydrogens is 418 g/mol. The Morgan fingerprint density at radius 3 is 2.54 bits per heavy atom. The average Bonchev–Trinajstić information content (AvgIpc) is 2.94. The second-order valence-electron chi connectivity index (χ2n) is 6.14. The fourth-order valence-electron chi connectivity index (χ4n) is 2.84. The van der Waals surface area contributed by atoms with Crippen molar-refractivity contribution in [3.8, 4) is 0 Å². The van der Waals surface area contributed by atoms with Crippen LogP contribution in [0.3, 0.4) is 0 Å². The zero-order chi connectivity index (χ0) is 20.8. The number of pyridine rings is 1. The van der Waals surface area contributed by atoms with Crippen molar-refractivity contribution in [1.29, 1.82) is 0 Å². The Hall–Kier alpha value is -2.32. The standard InChI is InChI=1S/C18H14Cl2F3N3O2/c1-8-6-12(18(21,22)23)24-16-15(8)25-13(26(16)2)7-10-11(19)5-4-9(14(10)20)17(27)28-3/h4-6H,7H2,1-3H3. The number of hydrogen-bond donors (Lipinski definition) is 0. The summed E-state index contributed by atoms with van der Waals surface area (Å²) in [7, 11) is 2.79. The van der Waals surface area contributed by atoms with Crippen molar-refractivity contribution >= 4 is 40.3 Å². The molecule has 0 aliphatic rings. The first kappa shape index (κ1) is 20.4. The van der Waals surface area contributed by atoms with E-state index in [0.29, 0.717) is 27.5 Å². The van der Waals surface area contributed by atoms with Crippen molar-refractivity contribution in [2.24, 2.45) is 7.05 Å². The second-order valence-corrected chi connectivity index (χ2v) is 6.92. The van der Waals surface area contributed by atoms with Crippen molar-refractivity contribution in [1.82, 2.24) is 14.5 Å². The number of methoxy groups -OCH3 is 1. The van der Waals surface area contributed by atoms with Gasteiger partial charge in [0.25, 0.3) is 0 Å². The largest absolute Gasteiger partial charge is 0.465 e. The molecule has 0 aliphatic carbocycles. The number of esters is 1. The minimum absolute atomic E-state index is 0.0934. The van der Waals surface area contributed by atoms with Gasteiger partial charge in [0.05, 0.1) is 17.7 Å². The minimum atomic E-state index is -4.56. The summed E-state index contributed by atoms with van der Waals surface area (Å²) in [5, 5.41) is 0.400. The van der Waals surface area contributed by atoms with Gasteiger partial charge in [0.1, 0.15) is 17.0 Å². The van der Waals surface area contributed by atoms with E-state index in [-0.39, 0.29) is 22.7 Å². The molecule has 0 bridgehead atoms. The lowest BCUT2D eigenvalue weighted by Gasteiger charge is -2.11. The van der Waals surface area contributed by atoms with Gasteiger partial charge in [-0.3, -0.25) is 0 Å². The number of imidazole rings is 1. The molecule has 148 valence electrons. The molecule has 2 heterocycles. The van der Waals surface area contributed by atoms with E-state index in [9.17, 15) is 18.0 Å². The second kappa shape index (κ2) is 7.25. The molecule has 0 aliphatic heterocycles. The van der Waals surface area contributed by atoms with Gasteiger partial charge in [-0.15, -0.1) is 0 Å². The van der Waals surface area contributed by atoms with Crippen molar-refractivity contribution < 1.29 is 22.7 Å². The molecule has 0 saturated heterocycles. The Kier molecular flexibility index (Phi) is 5.29. The summed E-state index contributed by atoms with van der Waals surface area (Å²) in [4.78, 5) is 20.0. The zero-order valence-corrected chi connectivity index (χ0v) is 16.5. The van der Waals surface area contributed by atoms with E-state index in [1.807, 2.05) is 0 Å². The summed E-state index contributed by atoms with van der Waals surface area (Å²) >= 11 is 12.5. The molecule has 3 rings (SSSR count). The first-order chi connectivity index (χ1) is 13.0. The number of alkyl halides is 3. The number of hydrogen-bond acceptors (Lipinski definition) is 4. The molecule has 3 aromatic rings. The van der Waals surface area contributed by atoms with Crippen molar-refractivity contribution in [2.75, 3.05) is 7.11 Å². The lowest BCUT2D eigenvalue weighted by Crippen LogP contribution is -2.09. The van der Waals surface area contributed by atoms with Crippen LogP contribution in [0, 0.1) is 6.92 Å². The van der Waals surface area contributed by atoms with Gasteiger partial charge >= 0.3 is 12.1 Å². The van der Waals surface area contributed by atoms with Crippen LogP contribution >= 0.6 is 23.2 Å². The Morgan fingerprint density at radius 2 is 1.93 bits per heavy atom. The summed E-state index contributed by atoms with van der Waals surface area (Å²) in [5.74, 6) is -0.226. The third kappa shape index (κ3) is 3.54. The van der Waals surface area contributed by atoms with Crippen molar-refractivity contribution in [3.63, 3.8) is 0 Å². The van der Waals surface area contributed by atoms with Crippen LogP contribution in [0.1, 0.15) is 33.0 Å². The SMILES string of the molecule is COC(=O)c1ccc(Cl)c(Cc2nc3c(C)cc(C(F)(F)F)nc3n2C)c1Cl. The summed E-state index contributed by atoms with van der Waals surface area (Å²) < 4.78 is 45.4. The molecule has 10 heteroatoms. The van der Waals surface area contributed by atoms with Crippen molar-refractivity contribution in [2.45, 2.75) is 19.5 Å². The minimum Gasteiger partial charge on any atom is -0.465 e. The quantitative estimate of drug-likeness (QED) is 0.548. The van der Waals surface area contributed by atoms with E-state index in [1.54, 1.807) is 7.05 Å². The lowest BCUT2D eigenvalue weighted by atomic mass is 10.1. The first-order valence-electron chi connectivity index (χ1n) is 8.00. The van der Waals surface area contributed by atoms with Gasteiger partial charge in [0.15, 0.2) is 5.65 Å². The van der Waals surface area contributed by atoms with E-state index >= 15 is 0 Å². The van der Waals surface area contributed by atoms with E-state index in [4.69, 9.17) is 27.9 Å². The van der Waals surface area contributed by atoms with Crippen LogP contribution < -0.4 is 0 Å². The van der Waals surface area contributed by atoms with Gasteiger partial charge in [-0.25, -0.2) is 14.8 Å². The van der Waals surface area contributed by atoms with E-state index in [2.05, 4.69) is 9.97 Å². The fraction of sp³-hybridized carbons (Fsp3) is 0.278. The number of aryl methyl sites for hydroxylation is 2. The summed E-state index contributed by atoms with van der Waals surface area (Å²) in [5.41, 5.74) is 0.352. The van der Waals surface area contributed by atoms with E-state index in [0.717, 1.165) is 6.07 Å². The third-order valence-corrected chi connectivity index (χ3v) is 5.11. The molecule has 0 spiro atoms. The number of ether oxygens (including phenoxy) is 1. The van der Waals surface area contributed by atoms with Gasteiger partial charge in [-0.1, -0.05) is 23.2 Å². The molecule has 0 saturated carbocycles. The number of aromatic nitrogens is 3. The number of halogens is 5. The predicted molar refractivity (Wildman–Crippen MR) is 98.9 cm³/mol. The molecule has 5 nitrogen and oxygen atoms in total. The molecular formula is C18H14Cl2F3N3O2. The Labute approximate surface area is 168 Å². The van der Waals surface area contributed by atoms with Crippen LogP contribution in [-0.2, 0) is 24.4 Å². The normalized spacial score (nSPS) is 11.9. The monoisotopic (exact) mass is 431 g/mol. The molecule has 0 amide bonds. The molecule has 0 unspecified atom stereocenters. The highest BCUT2D eigenvalue weighted by molar-refractivity contribution is 6.38. The zero-order valence-electron chi connectivity index (χ0n) is 15.0. The van der Waals surface area contributed by atoms with E-state index in [1.165, 1.54) is 30.7 Å². The number of carbonyl (C=O) groups excluding carboxylic acids is 1. The molecule has 0 N–H and O–H groups in total. The molecule has 28 heavy (non-hydrogen) atoms. The van der Waals surface area contributed by atoms with Crippen LogP contribution in [0.5, 0.6) is 0 Å². The maximum absolute atomic E-state index is 13.1. The molecule has 0 radical (unpaired) electrons. The maximum Gasteiger partial charge on any atom is 0.433 e. The van der Waals surface area contributed by atoms with Gasteiger partial charge in [-0.2, -0.15) is 13.2 Å². The highest BCUT2D eigenvalue weighted by Gasteiger charge is 2.34. The number of benzene rings is 1. The first-order valence-corrected chi connectivity index (χ1v) is 8.75. The topological polar surface area (TPSA) is 57.0 Å². The fourth-order valence-corrected chi connectivity index (χ4v) is 3.42. The van der Waals surface area contributed by atoms with Gasteiger partial charge in [0, 0.05) is 18.5 Å². The summed E-state index contributed by atoms with van der Waals surface area (Å²) in [6.07, 6.45) is -4.47. The maximum atomic E-state index is 13.1. The van der Waals surface area contributed by atoms with Crippen LogP contribution in [0.4, 0.5) is 13.2 Å². The molecule has 2 aromatic heterocycles. The van der Waals surface area contributed by atoms with Crippen LogP contribution in [0.25, 0.3) is 11.2 Å². The predicted octanol–water partition coefficient (Wildman–Crippen LogP) is 4.98. The van der Waals surface area contributed by atoms with Crippen LogP contribution in [0.15, 0.2) is 18.2 Å². The summed E-state index contributed by atoms with van der Waals surface area (Å²) in [6, 6.07) is 3.90.